The highest BCUT2D eigenvalue weighted by Gasteiger charge is 2.39. The fourth-order valence-corrected chi connectivity index (χ4v) is 3.57. The zero-order valence-corrected chi connectivity index (χ0v) is 17.6. The Kier molecular flexibility index (Phi) is 6.22. The number of aryl methyl sites for hydroxylation is 1. The summed E-state index contributed by atoms with van der Waals surface area (Å²) in [6.07, 6.45) is 5.07. The van der Waals surface area contributed by atoms with E-state index in [1.807, 2.05) is 13.1 Å². The average molecular weight is 399 g/mol. The molecule has 0 unspecified atom stereocenters. The Hall–Kier alpha value is -2.87. The van der Waals surface area contributed by atoms with Crippen molar-refractivity contribution < 1.29 is 9.53 Å². The van der Waals surface area contributed by atoms with Crippen molar-refractivity contribution in [1.82, 2.24) is 20.0 Å². The Bertz CT molecular complexity index is 898. The first-order chi connectivity index (χ1) is 13.9. The first-order valence-electron chi connectivity index (χ1n) is 9.78. The quantitative estimate of drug-likeness (QED) is 0.520. The summed E-state index contributed by atoms with van der Waals surface area (Å²) in [5.74, 6) is 0.393. The third-order valence-corrected chi connectivity index (χ3v) is 5.84. The summed E-state index contributed by atoms with van der Waals surface area (Å²) < 4.78 is 7.62. The summed E-state index contributed by atoms with van der Waals surface area (Å²) in [6, 6.07) is 7.18. The van der Waals surface area contributed by atoms with Crippen molar-refractivity contribution in [2.45, 2.75) is 31.4 Å². The number of nitrogen functional groups attached to an aromatic ring is 1. The molecule has 2 aromatic rings. The number of nitrogens with one attached hydrogen (secondary N) is 1. The van der Waals surface area contributed by atoms with Gasteiger partial charge in [-0.15, -0.1) is 0 Å². The molecular formula is C21H30N6O2. The highest BCUT2D eigenvalue weighted by Crippen LogP contribution is 2.35. The van der Waals surface area contributed by atoms with Crippen LogP contribution in [0.2, 0.25) is 0 Å². The molecule has 0 radical (unpaired) electrons. The number of likely N-dealkylation sites (N-methyl/N-ethyl adjacent to an activating group) is 1. The number of amides is 1. The largest absolute Gasteiger partial charge is 0.487 e. The van der Waals surface area contributed by atoms with Gasteiger partial charge < -0.3 is 20.7 Å². The summed E-state index contributed by atoms with van der Waals surface area (Å²) in [5, 5.41) is 7.18. The monoisotopic (exact) mass is 398 g/mol. The molecule has 156 valence electrons. The molecule has 1 amide bonds. The highest BCUT2D eigenvalue weighted by atomic mass is 16.5. The van der Waals surface area contributed by atoms with Gasteiger partial charge in [0.05, 0.1) is 5.69 Å². The zero-order chi connectivity index (χ0) is 21.0. The third kappa shape index (κ3) is 4.42. The van der Waals surface area contributed by atoms with Crippen molar-refractivity contribution in [2.75, 3.05) is 33.4 Å². The van der Waals surface area contributed by atoms with Crippen LogP contribution in [0.5, 0.6) is 5.75 Å². The Morgan fingerprint density at radius 2 is 2.14 bits per heavy atom. The number of benzene rings is 1. The van der Waals surface area contributed by atoms with Crippen LogP contribution in [0.15, 0.2) is 35.5 Å². The lowest BCUT2D eigenvalue weighted by Gasteiger charge is -2.47. The van der Waals surface area contributed by atoms with Gasteiger partial charge in [-0.1, -0.05) is 0 Å². The molecule has 1 saturated carbocycles. The second-order valence-electron chi connectivity index (χ2n) is 7.71. The molecule has 0 spiro atoms. The summed E-state index contributed by atoms with van der Waals surface area (Å²) in [5.41, 5.74) is 8.49. The molecule has 0 aliphatic heterocycles. The van der Waals surface area contributed by atoms with Crippen molar-refractivity contribution in [3.63, 3.8) is 0 Å². The second-order valence-corrected chi connectivity index (χ2v) is 7.71. The van der Waals surface area contributed by atoms with Crippen LogP contribution < -0.4 is 15.8 Å². The minimum Gasteiger partial charge on any atom is -0.487 e. The number of aromatic nitrogens is 2. The van der Waals surface area contributed by atoms with Crippen molar-refractivity contribution in [1.29, 1.82) is 0 Å². The molecule has 29 heavy (non-hydrogen) atoms. The zero-order valence-electron chi connectivity index (χ0n) is 17.6. The van der Waals surface area contributed by atoms with Gasteiger partial charge in [0, 0.05) is 43.6 Å². The van der Waals surface area contributed by atoms with Gasteiger partial charge in [-0.05, 0) is 57.6 Å². The van der Waals surface area contributed by atoms with Gasteiger partial charge in [0.2, 0.25) is 0 Å². The van der Waals surface area contributed by atoms with Gasteiger partial charge in [0.25, 0.3) is 5.91 Å². The van der Waals surface area contributed by atoms with Crippen LogP contribution >= 0.6 is 0 Å². The molecule has 1 fully saturated rings. The van der Waals surface area contributed by atoms with E-state index < -0.39 is 0 Å². The Balaban J connectivity index is 1.71. The van der Waals surface area contributed by atoms with Crippen LogP contribution in [-0.2, 0) is 18.4 Å². The molecule has 3 rings (SSSR count). The first-order valence-corrected chi connectivity index (χ1v) is 9.78. The number of aliphatic imine (C=N–C) groups is 1. The Morgan fingerprint density at radius 1 is 1.38 bits per heavy atom. The molecular weight excluding hydrogens is 368 g/mol. The van der Waals surface area contributed by atoms with E-state index in [1.54, 1.807) is 36.1 Å². The maximum absolute atomic E-state index is 12.9. The Labute approximate surface area is 171 Å². The maximum atomic E-state index is 12.9. The minimum absolute atomic E-state index is 0.0358. The molecule has 0 bridgehead atoms. The van der Waals surface area contributed by atoms with Crippen LogP contribution in [0.3, 0.4) is 0 Å². The number of hydrogen-bond acceptors (Lipinski definition) is 6. The van der Waals surface area contributed by atoms with E-state index in [1.165, 1.54) is 6.42 Å². The van der Waals surface area contributed by atoms with Crippen molar-refractivity contribution >= 4 is 17.3 Å². The molecule has 1 aliphatic rings. The van der Waals surface area contributed by atoms with E-state index in [0.29, 0.717) is 35.9 Å². The number of anilines is 1. The first kappa shape index (κ1) is 20.9. The van der Waals surface area contributed by atoms with Crippen LogP contribution in [0.4, 0.5) is 5.69 Å². The number of carbonyl (C=O) groups excluding carboxylic acids is 1. The van der Waals surface area contributed by atoms with Gasteiger partial charge in [0.1, 0.15) is 18.1 Å². The molecule has 0 saturated heterocycles. The molecule has 0 atom stereocenters. The second kappa shape index (κ2) is 8.65. The van der Waals surface area contributed by atoms with Crippen molar-refractivity contribution in [3.8, 4) is 5.75 Å². The van der Waals surface area contributed by atoms with E-state index in [2.05, 4.69) is 34.4 Å². The van der Waals surface area contributed by atoms with Crippen LogP contribution in [0.1, 0.15) is 30.5 Å². The van der Waals surface area contributed by atoms with E-state index in [0.717, 1.165) is 18.5 Å². The fourth-order valence-electron chi connectivity index (χ4n) is 3.57. The lowest BCUT2D eigenvalue weighted by Crippen LogP contribution is -2.57. The van der Waals surface area contributed by atoms with E-state index in [4.69, 9.17) is 10.5 Å². The average Bonchev–Trinajstić information content (AvgIpc) is 3.06. The number of hydrogen-bond donors (Lipinski definition) is 2. The number of nitrogens with two attached hydrogens (primary N) is 1. The number of ether oxygens (including phenoxy) is 1. The highest BCUT2D eigenvalue weighted by molar-refractivity contribution is 6.46. The van der Waals surface area contributed by atoms with Crippen LogP contribution in [0.25, 0.3) is 0 Å². The molecule has 1 aromatic heterocycles. The van der Waals surface area contributed by atoms with E-state index in [-0.39, 0.29) is 11.4 Å². The lowest BCUT2D eigenvalue weighted by atomic mass is 9.75. The molecule has 8 heteroatoms. The van der Waals surface area contributed by atoms with Gasteiger partial charge in [-0.3, -0.25) is 14.5 Å². The molecule has 3 N–H and O–H groups in total. The molecule has 1 aromatic carbocycles. The van der Waals surface area contributed by atoms with Crippen LogP contribution in [0, 0.1) is 0 Å². The normalized spacial score (nSPS) is 15.8. The summed E-state index contributed by atoms with van der Waals surface area (Å²) in [4.78, 5) is 19.3. The number of rotatable bonds is 8. The van der Waals surface area contributed by atoms with Crippen molar-refractivity contribution in [2.24, 2.45) is 12.0 Å². The minimum atomic E-state index is -0.226. The van der Waals surface area contributed by atoms with Crippen LogP contribution in [-0.4, -0.2) is 59.5 Å². The number of carbonyl (C=O) groups is 1. The van der Waals surface area contributed by atoms with Gasteiger partial charge in [0.15, 0.2) is 0 Å². The predicted molar refractivity (Wildman–Crippen MR) is 114 cm³/mol. The van der Waals surface area contributed by atoms with Gasteiger partial charge in [-0.25, -0.2) is 0 Å². The predicted octanol–water partition coefficient (Wildman–Crippen LogP) is 1.60. The molecule has 1 heterocycles. The van der Waals surface area contributed by atoms with E-state index >= 15 is 0 Å². The number of nitrogens with zero attached hydrogens (tertiary/aromatic N) is 4. The SMILES string of the molecule is CN=C(C(=O)NCC1(N(C)C)CCC1)c1cc(OCc2ccnn2C)ccc1N. The topological polar surface area (TPSA) is 97.8 Å². The summed E-state index contributed by atoms with van der Waals surface area (Å²) in [6.45, 7) is 0.963. The maximum Gasteiger partial charge on any atom is 0.270 e. The Morgan fingerprint density at radius 3 is 2.69 bits per heavy atom. The van der Waals surface area contributed by atoms with E-state index in [9.17, 15) is 4.79 Å². The molecule has 8 nitrogen and oxygen atoms in total. The fraction of sp³-hybridized carbons (Fsp3) is 0.476. The molecule has 1 aliphatic carbocycles. The summed E-state index contributed by atoms with van der Waals surface area (Å²) in [7, 11) is 7.58. The summed E-state index contributed by atoms with van der Waals surface area (Å²) >= 11 is 0. The standard InChI is InChI=1S/C21H30N6O2/c1-23-19(20(28)24-14-21(26(2)3)9-5-10-21)17-12-16(6-7-18(17)22)29-13-15-8-11-25-27(15)4/h6-8,11-12H,5,9-10,13-14,22H2,1-4H3,(H,24,28). The van der Waals surface area contributed by atoms with Crippen molar-refractivity contribution in [3.05, 3.63) is 41.7 Å². The van der Waals surface area contributed by atoms with Gasteiger partial charge >= 0.3 is 0 Å². The smallest absolute Gasteiger partial charge is 0.270 e. The van der Waals surface area contributed by atoms with Gasteiger partial charge in [-0.2, -0.15) is 5.10 Å². The third-order valence-electron chi connectivity index (χ3n) is 5.84. The lowest BCUT2D eigenvalue weighted by molar-refractivity contribution is -0.115.